The molecule has 1 atom stereocenters. The van der Waals surface area contributed by atoms with E-state index in [0.29, 0.717) is 22.9 Å². The lowest BCUT2D eigenvalue weighted by molar-refractivity contribution is 0.102. The van der Waals surface area contributed by atoms with Crippen molar-refractivity contribution in [1.29, 1.82) is 0 Å². The molecule has 3 aromatic carbocycles. The molecule has 166 valence electrons. The van der Waals surface area contributed by atoms with E-state index in [0.717, 1.165) is 18.8 Å². The highest BCUT2D eigenvalue weighted by molar-refractivity contribution is 7.92. The monoisotopic (exact) mass is 449 g/mol. The number of sulfonamides is 1. The second-order valence-corrected chi connectivity index (χ2v) is 10.1. The summed E-state index contributed by atoms with van der Waals surface area (Å²) in [5, 5.41) is 2.87. The van der Waals surface area contributed by atoms with Gasteiger partial charge in [-0.3, -0.25) is 9.10 Å². The highest BCUT2D eigenvalue weighted by atomic mass is 32.2. The van der Waals surface area contributed by atoms with Crippen molar-refractivity contribution >= 4 is 33.0 Å². The van der Waals surface area contributed by atoms with Crippen molar-refractivity contribution in [3.63, 3.8) is 0 Å². The predicted octanol–water partition coefficient (Wildman–Crippen LogP) is 4.61. The lowest BCUT2D eigenvalue weighted by atomic mass is 10.2. The summed E-state index contributed by atoms with van der Waals surface area (Å²) >= 11 is 0. The van der Waals surface area contributed by atoms with Gasteiger partial charge in [0.15, 0.2) is 0 Å². The molecule has 6 nitrogen and oxygen atoms in total. The van der Waals surface area contributed by atoms with E-state index in [9.17, 15) is 13.2 Å². The zero-order valence-corrected chi connectivity index (χ0v) is 19.0. The second kappa shape index (κ2) is 9.04. The Kier molecular flexibility index (Phi) is 6.19. The van der Waals surface area contributed by atoms with Gasteiger partial charge in [-0.1, -0.05) is 25.1 Å². The maximum absolute atomic E-state index is 12.9. The van der Waals surface area contributed by atoms with Crippen LogP contribution < -0.4 is 14.5 Å². The standard InChI is InChI=1S/C25H27N3O3S/c1-19-16-17-28(18-19)23-12-10-21(11-13-23)26-25(29)20-8-14-24(15-9-20)32(30,31)27(2)22-6-4-3-5-7-22/h3-15,19H,16-18H2,1-2H3,(H,26,29). The topological polar surface area (TPSA) is 69.7 Å². The summed E-state index contributed by atoms with van der Waals surface area (Å²) < 4.78 is 27.0. The van der Waals surface area contributed by atoms with Gasteiger partial charge < -0.3 is 10.2 Å². The molecule has 1 fully saturated rings. The molecule has 7 heteroatoms. The van der Waals surface area contributed by atoms with Crippen molar-refractivity contribution < 1.29 is 13.2 Å². The SMILES string of the molecule is CC1CCN(c2ccc(NC(=O)c3ccc(S(=O)(=O)N(C)c4ccccc4)cc3)cc2)C1. The lowest BCUT2D eigenvalue weighted by Crippen LogP contribution is -2.26. The maximum atomic E-state index is 12.9. The molecule has 0 spiro atoms. The van der Waals surface area contributed by atoms with Crippen molar-refractivity contribution in [3.8, 4) is 0 Å². The Morgan fingerprint density at radius 2 is 1.62 bits per heavy atom. The van der Waals surface area contributed by atoms with Gasteiger partial charge in [-0.05, 0) is 73.0 Å². The van der Waals surface area contributed by atoms with Crippen molar-refractivity contribution in [3.05, 3.63) is 84.4 Å². The highest BCUT2D eigenvalue weighted by Crippen LogP contribution is 2.25. The number of nitrogens with one attached hydrogen (secondary N) is 1. The van der Waals surface area contributed by atoms with E-state index in [2.05, 4.69) is 17.1 Å². The van der Waals surface area contributed by atoms with Crippen LogP contribution in [0.4, 0.5) is 17.1 Å². The predicted molar refractivity (Wildman–Crippen MR) is 129 cm³/mol. The Morgan fingerprint density at radius 3 is 2.22 bits per heavy atom. The molecule has 0 aliphatic carbocycles. The average Bonchev–Trinajstić information content (AvgIpc) is 3.26. The first-order chi connectivity index (χ1) is 15.3. The first-order valence-electron chi connectivity index (χ1n) is 10.6. The van der Waals surface area contributed by atoms with Gasteiger partial charge >= 0.3 is 0 Å². The van der Waals surface area contributed by atoms with Crippen molar-refractivity contribution in [2.75, 3.05) is 34.7 Å². The number of rotatable bonds is 6. The molecule has 1 aliphatic rings. The van der Waals surface area contributed by atoms with E-state index < -0.39 is 10.0 Å². The fourth-order valence-corrected chi connectivity index (χ4v) is 5.04. The molecule has 4 rings (SSSR count). The smallest absolute Gasteiger partial charge is 0.264 e. The summed E-state index contributed by atoms with van der Waals surface area (Å²) in [6, 6.07) is 22.7. The number of para-hydroxylation sites is 1. The van der Waals surface area contributed by atoms with Gasteiger partial charge in [0.1, 0.15) is 0 Å². The van der Waals surface area contributed by atoms with Gasteiger partial charge in [0, 0.05) is 37.1 Å². The zero-order valence-electron chi connectivity index (χ0n) is 18.2. The molecular formula is C25H27N3O3S. The molecule has 1 N–H and O–H groups in total. The number of nitrogens with zero attached hydrogens (tertiary/aromatic N) is 2. The van der Waals surface area contributed by atoms with Crippen LogP contribution in [0.2, 0.25) is 0 Å². The third-order valence-electron chi connectivity index (χ3n) is 5.81. The summed E-state index contributed by atoms with van der Waals surface area (Å²) in [5.74, 6) is 0.418. The van der Waals surface area contributed by atoms with Crippen LogP contribution in [0, 0.1) is 5.92 Å². The highest BCUT2D eigenvalue weighted by Gasteiger charge is 2.22. The van der Waals surface area contributed by atoms with Crippen molar-refractivity contribution in [1.82, 2.24) is 0 Å². The van der Waals surface area contributed by atoms with Gasteiger partial charge in [-0.15, -0.1) is 0 Å². The number of amides is 1. The number of carbonyl (C=O) groups is 1. The van der Waals surface area contributed by atoms with E-state index in [-0.39, 0.29) is 10.8 Å². The van der Waals surface area contributed by atoms with Crippen LogP contribution in [0.25, 0.3) is 0 Å². The largest absolute Gasteiger partial charge is 0.371 e. The molecule has 3 aromatic rings. The molecule has 0 aromatic heterocycles. The van der Waals surface area contributed by atoms with Gasteiger partial charge in [0.05, 0.1) is 10.6 Å². The first-order valence-corrected chi connectivity index (χ1v) is 12.1. The van der Waals surface area contributed by atoms with Crippen LogP contribution in [-0.2, 0) is 10.0 Å². The minimum absolute atomic E-state index is 0.129. The van der Waals surface area contributed by atoms with Crippen molar-refractivity contribution in [2.24, 2.45) is 5.92 Å². The van der Waals surface area contributed by atoms with E-state index >= 15 is 0 Å². The molecule has 1 unspecified atom stereocenters. The minimum atomic E-state index is -3.71. The Hall–Kier alpha value is -3.32. The van der Waals surface area contributed by atoms with Crippen LogP contribution in [0.3, 0.4) is 0 Å². The minimum Gasteiger partial charge on any atom is -0.371 e. The molecule has 1 saturated heterocycles. The van der Waals surface area contributed by atoms with Gasteiger partial charge in [-0.25, -0.2) is 8.42 Å². The first kappa shape index (κ1) is 21.9. The molecule has 1 aliphatic heterocycles. The van der Waals surface area contributed by atoms with E-state index in [1.54, 1.807) is 24.3 Å². The summed E-state index contributed by atoms with van der Waals surface area (Å²) in [4.78, 5) is 15.1. The normalized spacial score (nSPS) is 16.1. The zero-order chi connectivity index (χ0) is 22.7. The molecule has 0 radical (unpaired) electrons. The third kappa shape index (κ3) is 4.62. The fourth-order valence-electron chi connectivity index (χ4n) is 3.84. The van der Waals surface area contributed by atoms with E-state index in [1.165, 1.54) is 42.0 Å². The molecule has 0 saturated carbocycles. The fraction of sp³-hybridized carbons (Fsp3) is 0.240. The van der Waals surface area contributed by atoms with Crippen LogP contribution >= 0.6 is 0 Å². The Bertz CT molecular complexity index is 1180. The summed E-state index contributed by atoms with van der Waals surface area (Å²) in [7, 11) is -2.20. The summed E-state index contributed by atoms with van der Waals surface area (Å²) in [6.07, 6.45) is 1.20. The number of anilines is 3. The average molecular weight is 450 g/mol. The van der Waals surface area contributed by atoms with Crippen molar-refractivity contribution in [2.45, 2.75) is 18.2 Å². The molecular weight excluding hydrogens is 422 g/mol. The quantitative estimate of drug-likeness (QED) is 0.597. The van der Waals surface area contributed by atoms with Gasteiger partial charge in [0.2, 0.25) is 0 Å². The Morgan fingerprint density at radius 1 is 0.969 bits per heavy atom. The molecule has 32 heavy (non-hydrogen) atoms. The maximum Gasteiger partial charge on any atom is 0.264 e. The van der Waals surface area contributed by atoms with E-state index in [1.807, 2.05) is 30.3 Å². The number of carbonyl (C=O) groups excluding carboxylic acids is 1. The van der Waals surface area contributed by atoms with Crippen LogP contribution in [-0.4, -0.2) is 34.5 Å². The van der Waals surface area contributed by atoms with Crippen LogP contribution in [0.5, 0.6) is 0 Å². The van der Waals surface area contributed by atoms with E-state index in [4.69, 9.17) is 0 Å². The molecule has 1 heterocycles. The van der Waals surface area contributed by atoms with Crippen LogP contribution in [0.1, 0.15) is 23.7 Å². The summed E-state index contributed by atoms with van der Waals surface area (Å²) in [5.41, 5.74) is 2.82. The lowest BCUT2D eigenvalue weighted by Gasteiger charge is -2.19. The molecule has 1 amide bonds. The number of benzene rings is 3. The van der Waals surface area contributed by atoms with Gasteiger partial charge in [-0.2, -0.15) is 0 Å². The second-order valence-electron chi connectivity index (χ2n) is 8.17. The number of hydrogen-bond donors (Lipinski definition) is 1. The van der Waals surface area contributed by atoms with Crippen LogP contribution in [0.15, 0.2) is 83.8 Å². The summed E-state index contributed by atoms with van der Waals surface area (Å²) in [6.45, 7) is 4.37. The Labute approximate surface area is 189 Å². The van der Waals surface area contributed by atoms with Gasteiger partial charge in [0.25, 0.3) is 15.9 Å². The third-order valence-corrected chi connectivity index (χ3v) is 7.61. The molecule has 0 bridgehead atoms. The number of hydrogen-bond acceptors (Lipinski definition) is 4. The Balaban J connectivity index is 1.43.